The molecule has 0 aromatic carbocycles. The molecule has 0 saturated carbocycles. The second-order valence-electron chi connectivity index (χ2n) is 2.64. The summed E-state index contributed by atoms with van der Waals surface area (Å²) in [4.78, 5) is 0. The van der Waals surface area contributed by atoms with Crippen LogP contribution in [0.4, 0.5) is 0 Å². The summed E-state index contributed by atoms with van der Waals surface area (Å²) >= 11 is 0. The number of aliphatic hydroxyl groups is 1. The normalized spacial score (nSPS) is 13.2. The first-order chi connectivity index (χ1) is 6.29. The average Bonchev–Trinajstić information content (AvgIpc) is 2.54. The maximum Gasteiger partial charge on any atom is 0.120 e. The minimum atomic E-state index is -0.688. The molecule has 0 unspecified atom stereocenters. The van der Waals surface area contributed by atoms with Gasteiger partial charge in [0.2, 0.25) is 0 Å². The zero-order valence-electron chi connectivity index (χ0n) is 7.55. The second-order valence-corrected chi connectivity index (χ2v) is 2.64. The van der Waals surface area contributed by atoms with Crippen LogP contribution in [-0.4, -0.2) is 40.4 Å². The van der Waals surface area contributed by atoms with Gasteiger partial charge in [0.1, 0.15) is 6.10 Å². The van der Waals surface area contributed by atoms with Crippen molar-refractivity contribution in [3.63, 3.8) is 0 Å². The molecule has 1 aromatic rings. The fourth-order valence-corrected chi connectivity index (χ4v) is 1.06. The van der Waals surface area contributed by atoms with Crippen LogP contribution in [0.25, 0.3) is 0 Å². The van der Waals surface area contributed by atoms with E-state index in [-0.39, 0.29) is 6.61 Å². The molecule has 1 rings (SSSR count). The van der Waals surface area contributed by atoms with Crippen LogP contribution >= 0.6 is 0 Å². The molecule has 1 aromatic heterocycles. The Morgan fingerprint density at radius 3 is 3.15 bits per heavy atom. The van der Waals surface area contributed by atoms with Crippen molar-refractivity contribution >= 4 is 0 Å². The van der Waals surface area contributed by atoms with E-state index in [4.69, 9.17) is 10.5 Å². The first kappa shape index (κ1) is 10.1. The number of methoxy groups -OCH3 is 1. The van der Waals surface area contributed by atoms with Crippen molar-refractivity contribution in [2.45, 2.75) is 12.6 Å². The third-order valence-corrected chi connectivity index (χ3v) is 1.65. The van der Waals surface area contributed by atoms with Crippen molar-refractivity contribution in [2.24, 2.45) is 5.73 Å². The van der Waals surface area contributed by atoms with E-state index in [1.54, 1.807) is 4.68 Å². The van der Waals surface area contributed by atoms with E-state index in [2.05, 4.69) is 10.3 Å². The van der Waals surface area contributed by atoms with Crippen LogP contribution in [0.1, 0.15) is 11.8 Å². The smallest absolute Gasteiger partial charge is 0.120 e. The van der Waals surface area contributed by atoms with Crippen LogP contribution in [0, 0.1) is 0 Å². The molecule has 0 fully saturated rings. The van der Waals surface area contributed by atoms with Crippen LogP contribution < -0.4 is 5.73 Å². The van der Waals surface area contributed by atoms with Crippen LogP contribution in [0.2, 0.25) is 0 Å². The highest BCUT2D eigenvalue weighted by molar-refractivity contribution is 4.98. The van der Waals surface area contributed by atoms with E-state index in [1.807, 2.05) is 0 Å². The van der Waals surface area contributed by atoms with Crippen molar-refractivity contribution in [3.8, 4) is 0 Å². The van der Waals surface area contributed by atoms with E-state index in [0.717, 1.165) is 0 Å². The SMILES string of the molecule is COC[C@H](O)c1cnnn1CCN. The van der Waals surface area contributed by atoms with Crippen molar-refractivity contribution in [3.05, 3.63) is 11.9 Å². The zero-order valence-corrected chi connectivity index (χ0v) is 7.55. The Bertz CT molecular complexity index is 250. The van der Waals surface area contributed by atoms with Crippen LogP contribution in [-0.2, 0) is 11.3 Å². The molecule has 0 spiro atoms. The van der Waals surface area contributed by atoms with Crippen molar-refractivity contribution < 1.29 is 9.84 Å². The fraction of sp³-hybridized carbons (Fsp3) is 0.714. The second kappa shape index (κ2) is 4.90. The first-order valence-corrected chi connectivity index (χ1v) is 4.05. The molecule has 0 aliphatic heterocycles. The largest absolute Gasteiger partial charge is 0.384 e. The van der Waals surface area contributed by atoms with E-state index >= 15 is 0 Å². The standard InChI is InChI=1S/C7H14N4O2/c1-13-5-7(12)6-4-9-10-11(6)3-2-8/h4,7,12H,2-3,5,8H2,1H3/t7-/m0/s1. The topological polar surface area (TPSA) is 86.2 Å². The van der Waals surface area contributed by atoms with Gasteiger partial charge in [0, 0.05) is 13.7 Å². The van der Waals surface area contributed by atoms with Gasteiger partial charge in [-0.05, 0) is 0 Å². The number of ether oxygens (including phenoxy) is 1. The van der Waals surface area contributed by atoms with Gasteiger partial charge < -0.3 is 15.6 Å². The maximum absolute atomic E-state index is 9.55. The van der Waals surface area contributed by atoms with Crippen molar-refractivity contribution in [1.82, 2.24) is 15.0 Å². The van der Waals surface area contributed by atoms with Crippen LogP contribution in [0.15, 0.2) is 6.20 Å². The van der Waals surface area contributed by atoms with Gasteiger partial charge in [0.05, 0.1) is 25.0 Å². The Morgan fingerprint density at radius 2 is 2.54 bits per heavy atom. The summed E-state index contributed by atoms with van der Waals surface area (Å²) in [5.74, 6) is 0. The molecule has 6 heteroatoms. The molecule has 13 heavy (non-hydrogen) atoms. The summed E-state index contributed by atoms with van der Waals surface area (Å²) in [6, 6.07) is 0. The number of aromatic nitrogens is 3. The quantitative estimate of drug-likeness (QED) is 0.610. The lowest BCUT2D eigenvalue weighted by atomic mass is 10.3. The summed E-state index contributed by atoms with van der Waals surface area (Å²) < 4.78 is 6.38. The zero-order chi connectivity index (χ0) is 9.68. The number of hydrogen-bond acceptors (Lipinski definition) is 5. The summed E-state index contributed by atoms with van der Waals surface area (Å²) in [7, 11) is 1.53. The number of rotatable bonds is 5. The van der Waals surface area contributed by atoms with Gasteiger partial charge in [-0.25, -0.2) is 4.68 Å². The summed E-state index contributed by atoms with van der Waals surface area (Å²) in [5, 5.41) is 17.0. The molecular formula is C7H14N4O2. The Morgan fingerprint density at radius 1 is 1.77 bits per heavy atom. The highest BCUT2D eigenvalue weighted by Gasteiger charge is 2.12. The third kappa shape index (κ3) is 2.48. The van der Waals surface area contributed by atoms with Gasteiger partial charge in [0.25, 0.3) is 0 Å². The predicted octanol–water partition coefficient (Wildman–Crippen LogP) is -1.08. The number of nitrogens with two attached hydrogens (primary N) is 1. The van der Waals surface area contributed by atoms with Gasteiger partial charge in [-0.2, -0.15) is 0 Å². The summed E-state index contributed by atoms with van der Waals surface area (Å²) in [6.07, 6.45) is 0.825. The van der Waals surface area contributed by atoms with E-state index in [0.29, 0.717) is 18.8 Å². The predicted molar refractivity (Wildman–Crippen MR) is 45.9 cm³/mol. The maximum atomic E-state index is 9.55. The highest BCUT2D eigenvalue weighted by atomic mass is 16.5. The molecule has 1 heterocycles. The Balaban J connectivity index is 2.68. The Hall–Kier alpha value is -0.980. The lowest BCUT2D eigenvalue weighted by Crippen LogP contribution is -2.17. The lowest BCUT2D eigenvalue weighted by molar-refractivity contribution is 0.0586. The average molecular weight is 186 g/mol. The number of nitrogens with zero attached hydrogens (tertiary/aromatic N) is 3. The minimum absolute atomic E-state index is 0.234. The minimum Gasteiger partial charge on any atom is -0.384 e. The van der Waals surface area contributed by atoms with Gasteiger partial charge in [-0.15, -0.1) is 5.10 Å². The van der Waals surface area contributed by atoms with Crippen molar-refractivity contribution in [2.75, 3.05) is 20.3 Å². The van der Waals surface area contributed by atoms with Gasteiger partial charge in [-0.1, -0.05) is 5.21 Å². The third-order valence-electron chi connectivity index (χ3n) is 1.65. The Labute approximate surface area is 76.3 Å². The van der Waals surface area contributed by atoms with Crippen LogP contribution in [0.5, 0.6) is 0 Å². The van der Waals surface area contributed by atoms with E-state index in [1.165, 1.54) is 13.3 Å². The monoisotopic (exact) mass is 186 g/mol. The molecule has 0 aliphatic carbocycles. The summed E-state index contributed by atoms with van der Waals surface area (Å²) in [5.41, 5.74) is 5.99. The highest BCUT2D eigenvalue weighted by Crippen LogP contribution is 2.10. The number of hydrogen-bond donors (Lipinski definition) is 2. The molecule has 74 valence electrons. The van der Waals surface area contributed by atoms with Crippen LogP contribution in [0.3, 0.4) is 0 Å². The molecule has 0 aliphatic rings. The lowest BCUT2D eigenvalue weighted by Gasteiger charge is -2.10. The molecule has 3 N–H and O–H groups in total. The molecule has 0 saturated heterocycles. The molecule has 6 nitrogen and oxygen atoms in total. The number of aliphatic hydroxyl groups excluding tert-OH is 1. The van der Waals surface area contributed by atoms with Gasteiger partial charge in [-0.3, -0.25) is 0 Å². The first-order valence-electron chi connectivity index (χ1n) is 4.05. The van der Waals surface area contributed by atoms with E-state index < -0.39 is 6.10 Å². The van der Waals surface area contributed by atoms with Gasteiger partial charge >= 0.3 is 0 Å². The fourth-order valence-electron chi connectivity index (χ4n) is 1.06. The van der Waals surface area contributed by atoms with Gasteiger partial charge in [0.15, 0.2) is 0 Å². The van der Waals surface area contributed by atoms with Crippen molar-refractivity contribution in [1.29, 1.82) is 0 Å². The molecule has 0 amide bonds. The molecule has 0 bridgehead atoms. The molecule has 0 radical (unpaired) electrons. The molecule has 1 atom stereocenters. The molecular weight excluding hydrogens is 172 g/mol. The summed E-state index contributed by atoms with van der Waals surface area (Å²) in [6.45, 7) is 1.25. The van der Waals surface area contributed by atoms with E-state index in [9.17, 15) is 5.11 Å². The Kier molecular flexibility index (Phi) is 3.81.